The normalized spacial score (nSPS) is 16.6. The van der Waals surface area contributed by atoms with Crippen molar-refractivity contribution in [3.8, 4) is 5.75 Å². The summed E-state index contributed by atoms with van der Waals surface area (Å²) in [5, 5.41) is 12.7. The number of ether oxygens (including phenoxy) is 1. The van der Waals surface area contributed by atoms with Crippen molar-refractivity contribution in [1.82, 2.24) is 5.32 Å². The molecule has 0 amide bonds. The lowest BCUT2D eigenvalue weighted by atomic mass is 10.0. The lowest BCUT2D eigenvalue weighted by Gasteiger charge is -2.16. The summed E-state index contributed by atoms with van der Waals surface area (Å²) in [4.78, 5) is 0. The maximum Gasteiger partial charge on any atom is 0.119 e. The number of hydrogen-bond donors (Lipinski definition) is 2. The highest BCUT2D eigenvalue weighted by Crippen LogP contribution is 2.21. The Morgan fingerprint density at radius 1 is 1.37 bits per heavy atom. The maximum atomic E-state index is 9.30. The van der Waals surface area contributed by atoms with Crippen LogP contribution in [0.2, 0.25) is 0 Å². The van der Waals surface area contributed by atoms with Gasteiger partial charge in [-0.2, -0.15) is 0 Å². The molecule has 1 aromatic carbocycles. The molecule has 0 spiro atoms. The second-order valence-corrected chi connectivity index (χ2v) is 5.68. The molecule has 0 bridgehead atoms. The van der Waals surface area contributed by atoms with Crippen LogP contribution in [0.15, 0.2) is 24.3 Å². The van der Waals surface area contributed by atoms with Crippen LogP contribution >= 0.6 is 0 Å². The van der Waals surface area contributed by atoms with Gasteiger partial charge in [0.25, 0.3) is 0 Å². The number of aliphatic hydroxyl groups excluding tert-OH is 1. The van der Waals surface area contributed by atoms with Gasteiger partial charge in [0.2, 0.25) is 0 Å². The van der Waals surface area contributed by atoms with Gasteiger partial charge in [-0.15, -0.1) is 0 Å². The summed E-state index contributed by atoms with van der Waals surface area (Å²) >= 11 is 0. The van der Waals surface area contributed by atoms with Crippen LogP contribution in [0.25, 0.3) is 0 Å². The first kappa shape index (κ1) is 14.4. The Kier molecular flexibility index (Phi) is 5.23. The van der Waals surface area contributed by atoms with Crippen LogP contribution < -0.4 is 10.1 Å². The molecule has 3 nitrogen and oxygen atoms in total. The molecule has 2 rings (SSSR count). The average Bonchev–Trinajstić information content (AvgIpc) is 3.22. The minimum absolute atomic E-state index is 0.167. The summed E-state index contributed by atoms with van der Waals surface area (Å²) in [6.07, 6.45) is 3.33. The van der Waals surface area contributed by atoms with Gasteiger partial charge in [0, 0.05) is 12.1 Å². The van der Waals surface area contributed by atoms with E-state index in [1.807, 2.05) is 12.1 Å². The van der Waals surface area contributed by atoms with E-state index in [1.54, 1.807) is 0 Å². The van der Waals surface area contributed by atoms with Gasteiger partial charge in [-0.1, -0.05) is 26.0 Å². The standard InChI is InChI=1S/C16H25NO2/c1-12(2)13-4-3-5-16(10-13)19-9-8-15(11-18)17-14-6-7-14/h3-5,10,12,14-15,17-18H,6-9,11H2,1-2H3. The summed E-state index contributed by atoms with van der Waals surface area (Å²) in [6.45, 7) is 5.19. The van der Waals surface area contributed by atoms with Crippen LogP contribution in [-0.2, 0) is 0 Å². The molecule has 0 radical (unpaired) electrons. The lowest BCUT2D eigenvalue weighted by Crippen LogP contribution is -2.35. The topological polar surface area (TPSA) is 41.5 Å². The molecule has 0 aromatic heterocycles. The van der Waals surface area contributed by atoms with Crippen LogP contribution in [0.5, 0.6) is 5.75 Å². The van der Waals surface area contributed by atoms with E-state index in [0.717, 1.165) is 12.2 Å². The molecule has 1 aromatic rings. The van der Waals surface area contributed by atoms with Crippen LogP contribution in [-0.4, -0.2) is 30.4 Å². The Morgan fingerprint density at radius 3 is 2.79 bits per heavy atom. The van der Waals surface area contributed by atoms with Gasteiger partial charge in [-0.25, -0.2) is 0 Å². The molecule has 2 N–H and O–H groups in total. The van der Waals surface area contributed by atoms with E-state index >= 15 is 0 Å². The summed E-state index contributed by atoms with van der Waals surface area (Å²) in [5.74, 6) is 1.44. The van der Waals surface area contributed by atoms with E-state index in [9.17, 15) is 5.11 Å². The molecule has 106 valence electrons. The number of rotatable bonds is 8. The van der Waals surface area contributed by atoms with E-state index < -0.39 is 0 Å². The molecule has 0 saturated heterocycles. The van der Waals surface area contributed by atoms with Crippen molar-refractivity contribution < 1.29 is 9.84 Å². The van der Waals surface area contributed by atoms with Crippen molar-refractivity contribution >= 4 is 0 Å². The first-order chi connectivity index (χ1) is 9.19. The molecule has 1 aliphatic rings. The van der Waals surface area contributed by atoms with Crippen LogP contribution in [0.4, 0.5) is 0 Å². The van der Waals surface area contributed by atoms with Crippen molar-refractivity contribution in [3.63, 3.8) is 0 Å². The second kappa shape index (κ2) is 6.92. The van der Waals surface area contributed by atoms with Crippen LogP contribution in [0.3, 0.4) is 0 Å². The molecule has 1 fully saturated rings. The summed E-state index contributed by atoms with van der Waals surface area (Å²) < 4.78 is 5.78. The summed E-state index contributed by atoms with van der Waals surface area (Å²) in [6, 6.07) is 9.06. The van der Waals surface area contributed by atoms with Gasteiger partial charge in [0.1, 0.15) is 5.75 Å². The number of hydrogen-bond acceptors (Lipinski definition) is 3. The smallest absolute Gasteiger partial charge is 0.119 e. The van der Waals surface area contributed by atoms with Crippen molar-refractivity contribution in [2.75, 3.05) is 13.2 Å². The molecule has 0 heterocycles. The molecule has 19 heavy (non-hydrogen) atoms. The van der Waals surface area contributed by atoms with Crippen LogP contribution in [0, 0.1) is 0 Å². The largest absolute Gasteiger partial charge is 0.494 e. The van der Waals surface area contributed by atoms with E-state index in [2.05, 4.69) is 31.3 Å². The summed E-state index contributed by atoms with van der Waals surface area (Å²) in [5.41, 5.74) is 1.30. The van der Waals surface area contributed by atoms with Crippen molar-refractivity contribution in [3.05, 3.63) is 29.8 Å². The maximum absolute atomic E-state index is 9.30. The molecule has 1 saturated carbocycles. The zero-order chi connectivity index (χ0) is 13.7. The fraction of sp³-hybridized carbons (Fsp3) is 0.625. The third-order valence-electron chi connectivity index (χ3n) is 3.53. The third kappa shape index (κ3) is 4.84. The van der Waals surface area contributed by atoms with E-state index in [-0.39, 0.29) is 12.6 Å². The van der Waals surface area contributed by atoms with Gasteiger partial charge in [0.05, 0.1) is 13.2 Å². The average molecular weight is 263 g/mol. The zero-order valence-corrected chi connectivity index (χ0v) is 11.9. The first-order valence-electron chi connectivity index (χ1n) is 7.28. The van der Waals surface area contributed by atoms with E-state index in [1.165, 1.54) is 18.4 Å². The monoisotopic (exact) mass is 263 g/mol. The van der Waals surface area contributed by atoms with Crippen molar-refractivity contribution in [2.45, 2.75) is 51.1 Å². The first-order valence-corrected chi connectivity index (χ1v) is 7.28. The predicted octanol–water partition coefficient (Wildman–Crippen LogP) is 2.69. The Balaban J connectivity index is 1.76. The Morgan fingerprint density at radius 2 is 2.16 bits per heavy atom. The summed E-state index contributed by atoms with van der Waals surface area (Å²) in [7, 11) is 0. The fourth-order valence-corrected chi connectivity index (χ4v) is 2.09. The highest BCUT2D eigenvalue weighted by molar-refractivity contribution is 5.30. The zero-order valence-electron chi connectivity index (χ0n) is 11.9. The Labute approximate surface area is 116 Å². The SMILES string of the molecule is CC(C)c1cccc(OCCC(CO)NC2CC2)c1. The Hall–Kier alpha value is -1.06. The number of aliphatic hydroxyl groups is 1. The van der Waals surface area contributed by atoms with Gasteiger partial charge in [-0.05, 0) is 42.9 Å². The van der Waals surface area contributed by atoms with Crippen molar-refractivity contribution in [2.24, 2.45) is 0 Å². The van der Waals surface area contributed by atoms with E-state index in [4.69, 9.17) is 4.74 Å². The van der Waals surface area contributed by atoms with Gasteiger partial charge < -0.3 is 15.2 Å². The molecule has 3 heteroatoms. The molecular formula is C16H25NO2. The van der Waals surface area contributed by atoms with Crippen LogP contribution in [0.1, 0.15) is 44.6 Å². The van der Waals surface area contributed by atoms with Crippen molar-refractivity contribution in [1.29, 1.82) is 0 Å². The Bertz CT molecular complexity index is 388. The number of benzene rings is 1. The second-order valence-electron chi connectivity index (χ2n) is 5.68. The van der Waals surface area contributed by atoms with Gasteiger partial charge in [0.15, 0.2) is 0 Å². The van der Waals surface area contributed by atoms with Gasteiger partial charge in [-0.3, -0.25) is 0 Å². The lowest BCUT2D eigenvalue weighted by molar-refractivity contribution is 0.207. The van der Waals surface area contributed by atoms with Gasteiger partial charge >= 0.3 is 0 Å². The molecule has 1 atom stereocenters. The highest BCUT2D eigenvalue weighted by atomic mass is 16.5. The molecule has 1 aliphatic carbocycles. The quantitative estimate of drug-likeness (QED) is 0.757. The minimum Gasteiger partial charge on any atom is -0.494 e. The molecule has 0 aliphatic heterocycles. The highest BCUT2D eigenvalue weighted by Gasteiger charge is 2.23. The number of nitrogens with one attached hydrogen (secondary N) is 1. The minimum atomic E-state index is 0.167. The molecule has 1 unspecified atom stereocenters. The predicted molar refractivity (Wildman–Crippen MR) is 77.7 cm³/mol. The third-order valence-corrected chi connectivity index (χ3v) is 3.53. The fourth-order valence-electron chi connectivity index (χ4n) is 2.09. The molecular weight excluding hydrogens is 238 g/mol. The van der Waals surface area contributed by atoms with E-state index in [0.29, 0.717) is 18.6 Å².